The molecule has 88 valence electrons. The Hall–Kier alpha value is -1.29. The first-order chi connectivity index (χ1) is 7.74. The van der Waals surface area contributed by atoms with Crippen LogP contribution in [-0.4, -0.2) is 24.9 Å². The maximum absolute atomic E-state index is 13.1. The fourth-order valence-corrected chi connectivity index (χ4v) is 1.19. The highest BCUT2D eigenvalue weighted by Crippen LogP contribution is 2.15. The third-order valence-corrected chi connectivity index (χ3v) is 2.10. The number of rotatable bonds is 6. The highest BCUT2D eigenvalue weighted by Gasteiger charge is 2.01. The van der Waals surface area contributed by atoms with Crippen LogP contribution >= 0.6 is 11.6 Å². The lowest BCUT2D eigenvalue weighted by atomic mass is 10.3. The van der Waals surface area contributed by atoms with Gasteiger partial charge in [0.1, 0.15) is 5.88 Å². The molecule has 0 aromatic heterocycles. The number of ether oxygens (including phenoxy) is 1. The van der Waals surface area contributed by atoms with Crippen LogP contribution in [0.5, 0.6) is 5.75 Å². The van der Waals surface area contributed by atoms with E-state index in [9.17, 15) is 9.18 Å². The molecule has 5 heteroatoms. The van der Waals surface area contributed by atoms with E-state index in [2.05, 4.69) is 5.32 Å². The summed E-state index contributed by atoms with van der Waals surface area (Å²) in [7, 11) is 0. The second-order valence-electron chi connectivity index (χ2n) is 3.12. The Labute approximate surface area is 98.5 Å². The van der Waals surface area contributed by atoms with Gasteiger partial charge in [-0.1, -0.05) is 12.1 Å². The maximum atomic E-state index is 13.1. The summed E-state index contributed by atoms with van der Waals surface area (Å²) in [5, 5.41) is 2.59. The highest BCUT2D eigenvalue weighted by molar-refractivity contribution is 6.27. The molecule has 1 aromatic rings. The Bertz CT molecular complexity index is 347. The number of hydrogen-bond acceptors (Lipinski definition) is 2. The average molecular weight is 246 g/mol. The van der Waals surface area contributed by atoms with E-state index in [1.807, 2.05) is 0 Å². The Morgan fingerprint density at radius 2 is 2.19 bits per heavy atom. The van der Waals surface area contributed by atoms with Crippen molar-refractivity contribution in [1.82, 2.24) is 5.32 Å². The summed E-state index contributed by atoms with van der Waals surface area (Å²) in [5.74, 6) is -0.417. The molecule has 16 heavy (non-hydrogen) atoms. The molecule has 0 aliphatic heterocycles. The van der Waals surface area contributed by atoms with E-state index >= 15 is 0 Å². The standard InChI is InChI=1S/C11H13ClFNO2/c12-8-11(15)14-6-3-7-16-10-5-2-1-4-9(10)13/h1-2,4-5H,3,6-8H2,(H,14,15). The van der Waals surface area contributed by atoms with Gasteiger partial charge in [0.05, 0.1) is 6.61 Å². The number of carbonyl (C=O) groups excluding carboxylic acids is 1. The van der Waals surface area contributed by atoms with Gasteiger partial charge < -0.3 is 10.1 Å². The molecule has 0 radical (unpaired) electrons. The first-order valence-electron chi connectivity index (χ1n) is 4.94. The minimum atomic E-state index is -0.382. The number of benzene rings is 1. The summed E-state index contributed by atoms with van der Waals surface area (Å²) in [6.07, 6.45) is 0.608. The quantitative estimate of drug-likeness (QED) is 0.615. The van der Waals surface area contributed by atoms with Crippen LogP contribution in [0.1, 0.15) is 6.42 Å². The lowest BCUT2D eigenvalue weighted by Gasteiger charge is -2.07. The van der Waals surface area contributed by atoms with Crippen LogP contribution in [0.3, 0.4) is 0 Å². The van der Waals surface area contributed by atoms with Gasteiger partial charge in [-0.3, -0.25) is 4.79 Å². The van der Waals surface area contributed by atoms with Gasteiger partial charge in [0.25, 0.3) is 0 Å². The van der Waals surface area contributed by atoms with Crippen molar-refractivity contribution < 1.29 is 13.9 Å². The molecule has 0 heterocycles. The van der Waals surface area contributed by atoms with Gasteiger partial charge in [-0.15, -0.1) is 11.6 Å². The molecule has 0 unspecified atom stereocenters. The van der Waals surface area contributed by atoms with Crippen molar-refractivity contribution in [1.29, 1.82) is 0 Å². The van der Waals surface area contributed by atoms with Gasteiger partial charge in [0.15, 0.2) is 11.6 Å². The molecule has 3 nitrogen and oxygen atoms in total. The van der Waals surface area contributed by atoms with Crippen LogP contribution in [0.2, 0.25) is 0 Å². The van der Waals surface area contributed by atoms with Gasteiger partial charge >= 0.3 is 0 Å². The van der Waals surface area contributed by atoms with E-state index < -0.39 is 0 Å². The number of hydrogen-bond donors (Lipinski definition) is 1. The topological polar surface area (TPSA) is 38.3 Å². The lowest BCUT2D eigenvalue weighted by molar-refractivity contribution is -0.118. The molecule has 0 aliphatic rings. The molecule has 1 aromatic carbocycles. The molecule has 0 spiro atoms. The monoisotopic (exact) mass is 245 g/mol. The number of carbonyl (C=O) groups is 1. The van der Waals surface area contributed by atoms with Gasteiger partial charge in [-0.25, -0.2) is 4.39 Å². The van der Waals surface area contributed by atoms with Crippen LogP contribution in [-0.2, 0) is 4.79 Å². The van der Waals surface area contributed by atoms with Crippen LogP contribution in [0.25, 0.3) is 0 Å². The molecule has 1 amide bonds. The highest BCUT2D eigenvalue weighted by atomic mass is 35.5. The Morgan fingerprint density at radius 1 is 1.44 bits per heavy atom. The summed E-state index contributed by atoms with van der Waals surface area (Å²) >= 11 is 5.29. The first kappa shape index (κ1) is 12.8. The molecule has 0 saturated heterocycles. The third-order valence-electron chi connectivity index (χ3n) is 1.86. The molecule has 1 N–H and O–H groups in total. The van der Waals surface area contributed by atoms with Crippen LogP contribution in [0.4, 0.5) is 4.39 Å². The summed E-state index contributed by atoms with van der Waals surface area (Å²) in [6, 6.07) is 6.20. The predicted octanol–water partition coefficient (Wildman–Crippen LogP) is 1.95. The maximum Gasteiger partial charge on any atom is 0.234 e. The molecule has 0 aliphatic carbocycles. The average Bonchev–Trinajstić information content (AvgIpc) is 2.30. The fourth-order valence-electron chi connectivity index (χ4n) is 1.09. The fraction of sp³-hybridized carbons (Fsp3) is 0.364. The largest absolute Gasteiger partial charge is 0.490 e. The van der Waals surface area contributed by atoms with E-state index in [0.29, 0.717) is 19.6 Å². The van der Waals surface area contributed by atoms with Gasteiger partial charge in [-0.2, -0.15) is 0 Å². The second kappa shape index (κ2) is 7.06. The van der Waals surface area contributed by atoms with Crippen molar-refractivity contribution in [3.63, 3.8) is 0 Å². The Kier molecular flexibility index (Phi) is 5.64. The van der Waals surface area contributed by atoms with Crippen molar-refractivity contribution in [3.8, 4) is 5.75 Å². The molecule has 1 rings (SSSR count). The van der Waals surface area contributed by atoms with E-state index in [0.717, 1.165) is 0 Å². The number of amides is 1. The summed E-state index contributed by atoms with van der Waals surface area (Å²) in [4.78, 5) is 10.8. The van der Waals surface area contributed by atoms with E-state index in [1.54, 1.807) is 18.2 Å². The minimum Gasteiger partial charge on any atom is -0.490 e. The normalized spacial score (nSPS) is 9.88. The number of alkyl halides is 1. The summed E-state index contributed by atoms with van der Waals surface area (Å²) < 4.78 is 18.3. The van der Waals surface area contributed by atoms with Crippen molar-refractivity contribution in [2.75, 3.05) is 19.0 Å². The van der Waals surface area contributed by atoms with Crippen molar-refractivity contribution >= 4 is 17.5 Å². The minimum absolute atomic E-state index is 0.0474. The number of halogens is 2. The summed E-state index contributed by atoms with van der Waals surface area (Å²) in [5.41, 5.74) is 0. The zero-order valence-electron chi connectivity index (χ0n) is 8.71. The van der Waals surface area contributed by atoms with Gasteiger partial charge in [-0.05, 0) is 18.6 Å². The Morgan fingerprint density at radius 3 is 2.88 bits per heavy atom. The van der Waals surface area contributed by atoms with Gasteiger partial charge in [0.2, 0.25) is 5.91 Å². The Balaban J connectivity index is 2.17. The predicted molar refractivity (Wildman–Crippen MR) is 60.2 cm³/mol. The zero-order chi connectivity index (χ0) is 11.8. The molecule has 0 bridgehead atoms. The van der Waals surface area contributed by atoms with Crippen LogP contribution in [0.15, 0.2) is 24.3 Å². The molecular formula is C11H13ClFNO2. The van der Waals surface area contributed by atoms with Crippen LogP contribution in [0, 0.1) is 5.82 Å². The first-order valence-corrected chi connectivity index (χ1v) is 5.47. The molecule has 0 fully saturated rings. The van der Waals surface area contributed by atoms with Crippen molar-refractivity contribution in [3.05, 3.63) is 30.1 Å². The van der Waals surface area contributed by atoms with E-state index in [4.69, 9.17) is 16.3 Å². The number of nitrogens with one attached hydrogen (secondary N) is 1. The van der Waals surface area contributed by atoms with Crippen molar-refractivity contribution in [2.24, 2.45) is 0 Å². The van der Waals surface area contributed by atoms with Crippen LogP contribution < -0.4 is 10.1 Å². The molecular weight excluding hydrogens is 233 g/mol. The smallest absolute Gasteiger partial charge is 0.234 e. The second-order valence-corrected chi connectivity index (χ2v) is 3.38. The summed E-state index contributed by atoms with van der Waals surface area (Å²) in [6.45, 7) is 0.823. The van der Waals surface area contributed by atoms with Crippen molar-refractivity contribution in [2.45, 2.75) is 6.42 Å². The molecule has 0 atom stereocenters. The third kappa shape index (κ3) is 4.49. The lowest BCUT2D eigenvalue weighted by Crippen LogP contribution is -2.26. The molecule has 0 saturated carbocycles. The SMILES string of the molecule is O=C(CCl)NCCCOc1ccccc1F. The van der Waals surface area contributed by atoms with E-state index in [1.165, 1.54) is 6.07 Å². The van der Waals surface area contributed by atoms with Gasteiger partial charge in [0, 0.05) is 6.54 Å². The van der Waals surface area contributed by atoms with E-state index in [-0.39, 0.29) is 23.4 Å². The zero-order valence-corrected chi connectivity index (χ0v) is 9.47. The number of para-hydroxylation sites is 1.